The molecule has 0 fully saturated rings. The number of hydrogen-bond donors (Lipinski definition) is 2. The van der Waals surface area contributed by atoms with Crippen molar-refractivity contribution in [2.45, 2.75) is 0 Å². The summed E-state index contributed by atoms with van der Waals surface area (Å²) in [6, 6.07) is 1.53. The highest BCUT2D eigenvalue weighted by atomic mass is 35.5. The van der Waals surface area contributed by atoms with Crippen molar-refractivity contribution in [1.82, 2.24) is 9.97 Å². The van der Waals surface area contributed by atoms with E-state index in [1.165, 1.54) is 29.8 Å². The largest absolute Gasteiger partial charge is 0.366 e. The van der Waals surface area contributed by atoms with E-state index in [0.717, 1.165) is 0 Å². The number of aromatic nitrogens is 2. The molecule has 2 aromatic heterocycles. The van der Waals surface area contributed by atoms with Crippen molar-refractivity contribution >= 4 is 39.8 Å². The summed E-state index contributed by atoms with van der Waals surface area (Å²) < 4.78 is 0. The zero-order chi connectivity index (χ0) is 13.1. The van der Waals surface area contributed by atoms with E-state index >= 15 is 0 Å². The van der Waals surface area contributed by atoms with Crippen molar-refractivity contribution in [3.05, 3.63) is 40.3 Å². The number of thiophene rings is 1. The third-order valence-corrected chi connectivity index (χ3v) is 3.01. The molecule has 0 unspecified atom stereocenters. The molecule has 6 nitrogen and oxygen atoms in total. The molecule has 2 heterocycles. The van der Waals surface area contributed by atoms with Gasteiger partial charge >= 0.3 is 0 Å². The zero-order valence-electron chi connectivity index (χ0n) is 8.88. The van der Waals surface area contributed by atoms with E-state index in [4.69, 9.17) is 17.3 Å². The second-order valence-electron chi connectivity index (χ2n) is 3.21. The minimum Gasteiger partial charge on any atom is -0.366 e. The Labute approximate surface area is 111 Å². The lowest BCUT2D eigenvalue weighted by Crippen LogP contribution is -2.17. The van der Waals surface area contributed by atoms with Gasteiger partial charge in [0.05, 0.1) is 18.0 Å². The van der Waals surface area contributed by atoms with Crippen molar-refractivity contribution in [1.29, 1.82) is 0 Å². The summed E-state index contributed by atoms with van der Waals surface area (Å²) in [5.41, 5.74) is 5.48. The number of anilines is 1. The SMILES string of the molecule is NC(=O)c1ccsc1NC(=O)c1cncc(Cl)n1. The van der Waals surface area contributed by atoms with Crippen molar-refractivity contribution in [3.63, 3.8) is 0 Å². The predicted octanol–water partition coefficient (Wildman–Crippen LogP) is 1.54. The number of hydrogen-bond acceptors (Lipinski definition) is 5. The second kappa shape index (κ2) is 5.11. The molecule has 0 atom stereocenters. The Kier molecular flexibility index (Phi) is 3.54. The van der Waals surface area contributed by atoms with Crippen LogP contribution in [0, 0.1) is 0 Å². The Morgan fingerprint density at radius 3 is 2.83 bits per heavy atom. The first-order valence-corrected chi connectivity index (χ1v) is 6.00. The molecule has 2 aromatic rings. The molecule has 0 aliphatic heterocycles. The summed E-state index contributed by atoms with van der Waals surface area (Å²) in [5.74, 6) is -1.11. The molecule has 0 aromatic carbocycles. The van der Waals surface area contributed by atoms with Gasteiger partial charge in [-0.25, -0.2) is 4.98 Å². The number of nitrogens with one attached hydrogen (secondary N) is 1. The Bertz CT molecular complexity index is 613. The highest BCUT2D eigenvalue weighted by Gasteiger charge is 2.14. The molecular weight excluding hydrogens is 276 g/mol. The van der Waals surface area contributed by atoms with Gasteiger partial charge in [-0.15, -0.1) is 11.3 Å². The third kappa shape index (κ3) is 2.63. The number of primary amides is 1. The topological polar surface area (TPSA) is 98.0 Å². The lowest BCUT2D eigenvalue weighted by atomic mass is 10.3. The average molecular weight is 283 g/mol. The predicted molar refractivity (Wildman–Crippen MR) is 67.8 cm³/mol. The van der Waals surface area contributed by atoms with Crippen LogP contribution in [-0.4, -0.2) is 21.8 Å². The van der Waals surface area contributed by atoms with E-state index in [9.17, 15) is 9.59 Å². The summed E-state index contributed by atoms with van der Waals surface area (Å²) in [5, 5.41) is 4.67. The molecule has 0 saturated carbocycles. The summed E-state index contributed by atoms with van der Waals surface area (Å²) in [6.07, 6.45) is 2.59. The van der Waals surface area contributed by atoms with Gasteiger partial charge in [0, 0.05) is 0 Å². The fourth-order valence-corrected chi connectivity index (χ4v) is 2.15. The zero-order valence-corrected chi connectivity index (χ0v) is 10.5. The lowest BCUT2D eigenvalue weighted by molar-refractivity contribution is 0.100. The summed E-state index contributed by atoms with van der Waals surface area (Å²) in [6.45, 7) is 0. The van der Waals surface area contributed by atoms with Crippen LogP contribution in [0.1, 0.15) is 20.8 Å². The Hall–Kier alpha value is -1.99. The van der Waals surface area contributed by atoms with Crippen LogP contribution in [0.15, 0.2) is 23.8 Å². The molecule has 0 aliphatic carbocycles. The van der Waals surface area contributed by atoms with Crippen LogP contribution in [0.5, 0.6) is 0 Å². The van der Waals surface area contributed by atoms with E-state index in [1.807, 2.05) is 0 Å². The highest BCUT2D eigenvalue weighted by Crippen LogP contribution is 2.23. The highest BCUT2D eigenvalue weighted by molar-refractivity contribution is 7.14. The molecule has 0 spiro atoms. The average Bonchev–Trinajstić information content (AvgIpc) is 2.77. The van der Waals surface area contributed by atoms with Gasteiger partial charge in [0.25, 0.3) is 11.8 Å². The molecule has 0 radical (unpaired) electrons. The number of carbonyl (C=O) groups is 2. The summed E-state index contributed by atoms with van der Waals surface area (Å²) >= 11 is 6.82. The van der Waals surface area contributed by atoms with Gasteiger partial charge in [-0.3, -0.25) is 14.6 Å². The minimum atomic E-state index is -0.608. The van der Waals surface area contributed by atoms with E-state index in [0.29, 0.717) is 5.00 Å². The maximum atomic E-state index is 11.8. The molecule has 8 heteroatoms. The lowest BCUT2D eigenvalue weighted by Gasteiger charge is -2.03. The van der Waals surface area contributed by atoms with Gasteiger partial charge in [0.2, 0.25) is 0 Å². The molecule has 2 rings (SSSR count). The standard InChI is InChI=1S/C10H7ClN4O2S/c11-7-4-13-3-6(14-7)9(17)15-10-5(8(12)16)1-2-18-10/h1-4H,(H2,12,16)(H,15,17). The van der Waals surface area contributed by atoms with Gasteiger partial charge in [0.1, 0.15) is 15.8 Å². The Morgan fingerprint density at radius 1 is 1.39 bits per heavy atom. The van der Waals surface area contributed by atoms with E-state index in [1.54, 1.807) is 5.38 Å². The monoisotopic (exact) mass is 282 g/mol. The first-order valence-electron chi connectivity index (χ1n) is 4.74. The molecule has 18 heavy (non-hydrogen) atoms. The number of nitrogens with zero attached hydrogens (tertiary/aromatic N) is 2. The first kappa shape index (κ1) is 12.5. The quantitative estimate of drug-likeness (QED) is 0.892. The van der Waals surface area contributed by atoms with Crippen LogP contribution >= 0.6 is 22.9 Å². The maximum Gasteiger partial charge on any atom is 0.276 e. The number of nitrogens with two attached hydrogens (primary N) is 1. The second-order valence-corrected chi connectivity index (χ2v) is 4.51. The number of rotatable bonds is 3. The van der Waals surface area contributed by atoms with Crippen LogP contribution < -0.4 is 11.1 Å². The molecule has 0 saturated heterocycles. The Balaban J connectivity index is 2.21. The molecule has 92 valence electrons. The van der Waals surface area contributed by atoms with Gasteiger partial charge in [-0.1, -0.05) is 11.6 Å². The smallest absolute Gasteiger partial charge is 0.276 e. The number of amides is 2. The summed E-state index contributed by atoms with van der Waals surface area (Å²) in [4.78, 5) is 30.5. The van der Waals surface area contributed by atoms with Crippen LogP contribution in [0.25, 0.3) is 0 Å². The van der Waals surface area contributed by atoms with Gasteiger partial charge < -0.3 is 11.1 Å². The van der Waals surface area contributed by atoms with Crippen LogP contribution in [0.4, 0.5) is 5.00 Å². The maximum absolute atomic E-state index is 11.8. The molecule has 0 bridgehead atoms. The van der Waals surface area contributed by atoms with Crippen molar-refractivity contribution in [2.24, 2.45) is 5.73 Å². The van der Waals surface area contributed by atoms with E-state index in [2.05, 4.69) is 15.3 Å². The molecule has 2 amide bonds. The van der Waals surface area contributed by atoms with Crippen molar-refractivity contribution in [3.8, 4) is 0 Å². The third-order valence-electron chi connectivity index (χ3n) is 2.00. The molecule has 0 aliphatic rings. The first-order chi connectivity index (χ1) is 8.58. The minimum absolute atomic E-state index is 0.0614. The normalized spacial score (nSPS) is 10.1. The van der Waals surface area contributed by atoms with E-state index < -0.39 is 11.8 Å². The fraction of sp³-hybridized carbons (Fsp3) is 0. The summed E-state index contributed by atoms with van der Waals surface area (Å²) in [7, 11) is 0. The Morgan fingerprint density at radius 2 is 2.17 bits per heavy atom. The van der Waals surface area contributed by atoms with Gasteiger partial charge in [-0.2, -0.15) is 0 Å². The fourth-order valence-electron chi connectivity index (χ4n) is 1.22. The van der Waals surface area contributed by atoms with Gasteiger partial charge in [-0.05, 0) is 11.4 Å². The van der Waals surface area contributed by atoms with Gasteiger partial charge in [0.15, 0.2) is 0 Å². The van der Waals surface area contributed by atoms with Crippen LogP contribution in [-0.2, 0) is 0 Å². The number of halogens is 1. The number of carbonyl (C=O) groups excluding carboxylic acids is 2. The van der Waals surface area contributed by atoms with Crippen LogP contribution in [0.2, 0.25) is 5.15 Å². The molecular formula is C10H7ClN4O2S. The molecule has 3 N–H and O–H groups in total. The van der Waals surface area contributed by atoms with Crippen molar-refractivity contribution < 1.29 is 9.59 Å². The van der Waals surface area contributed by atoms with Crippen molar-refractivity contribution in [2.75, 3.05) is 5.32 Å². The van der Waals surface area contributed by atoms with Crippen LogP contribution in [0.3, 0.4) is 0 Å². The van der Waals surface area contributed by atoms with E-state index in [-0.39, 0.29) is 16.4 Å².